The van der Waals surface area contributed by atoms with Crippen molar-refractivity contribution in [1.82, 2.24) is 15.1 Å². The largest absolute Gasteiger partial charge is 0.515 e. The Kier molecular flexibility index (Phi) is 67.5. The molecular formula is C84H101BCl8F21N6O21. The Hall–Kier alpha value is -9.22. The maximum atomic E-state index is 13.1. The van der Waals surface area contributed by atoms with E-state index in [0.717, 1.165) is 113 Å². The number of rotatable bonds is 19. The van der Waals surface area contributed by atoms with Crippen LogP contribution in [-0.2, 0) is 70.5 Å². The van der Waals surface area contributed by atoms with Crippen LogP contribution in [0, 0.1) is 10.8 Å². The van der Waals surface area contributed by atoms with Crippen LogP contribution >= 0.6 is 92.8 Å². The highest BCUT2D eigenvalue weighted by molar-refractivity contribution is 6.67. The van der Waals surface area contributed by atoms with Crippen molar-refractivity contribution in [2.45, 2.75) is 139 Å². The summed E-state index contributed by atoms with van der Waals surface area (Å²) in [6.45, 7) is 9.43. The molecule has 0 unspecified atom stereocenters. The third-order valence-electron chi connectivity index (χ3n) is 23.3. The number of esters is 1. The zero-order valence-corrected chi connectivity index (χ0v) is 82.1. The van der Waals surface area contributed by atoms with E-state index < -0.39 is 82.7 Å². The first-order valence-electron chi connectivity index (χ1n) is 39.3. The molecule has 2 saturated carbocycles. The Balaban J connectivity index is -0.000000829. The minimum absolute atomic E-state index is 0. The fourth-order valence-corrected chi connectivity index (χ4v) is 19.3. The number of nitrogens with two attached hydrogens (primary N) is 1. The zero-order valence-electron chi connectivity index (χ0n) is 76.0. The summed E-state index contributed by atoms with van der Waals surface area (Å²) in [5.74, 6) is 4.11. The van der Waals surface area contributed by atoms with Crippen LogP contribution in [-0.4, -0.2) is 219 Å². The summed E-state index contributed by atoms with van der Waals surface area (Å²) in [6.07, 6.45) is 7.84. The number of hydrogen-bond donors (Lipinski definition) is 6. The number of fused-ring (bicyclic) bond motifs is 2. The molecule has 8 aliphatic rings. The second-order valence-corrected chi connectivity index (χ2v) is 34.3. The molecule has 3 radical (unpaired) electrons. The maximum Gasteiger partial charge on any atom is 0.515 e. The van der Waals surface area contributed by atoms with E-state index in [1.54, 1.807) is 103 Å². The number of nitrogens with zero attached hydrogens (tertiary/aromatic N) is 4. The van der Waals surface area contributed by atoms with Crippen molar-refractivity contribution < 1.29 is 197 Å². The van der Waals surface area contributed by atoms with Crippen molar-refractivity contribution in [1.29, 1.82) is 0 Å². The molecule has 141 heavy (non-hydrogen) atoms. The summed E-state index contributed by atoms with van der Waals surface area (Å²) < 4.78 is 215. The minimum atomic E-state index is -2.24. The molecule has 12 atom stereocenters. The first-order valence-corrected chi connectivity index (χ1v) is 42.3. The highest BCUT2D eigenvalue weighted by atomic mass is 35.6. The van der Waals surface area contributed by atoms with Crippen molar-refractivity contribution >= 4 is 142 Å². The Morgan fingerprint density at radius 3 is 1.05 bits per heavy atom. The lowest BCUT2D eigenvalue weighted by Crippen LogP contribution is -2.81. The highest BCUT2D eigenvalue weighted by Crippen LogP contribution is 2.69. The molecule has 2 saturated heterocycles. The Morgan fingerprint density at radius 2 is 0.759 bits per heavy atom. The van der Waals surface area contributed by atoms with Crippen LogP contribution in [0.1, 0.15) is 79.8 Å². The summed E-state index contributed by atoms with van der Waals surface area (Å²) >= 11 is 40.2. The molecule has 57 heteroatoms. The van der Waals surface area contributed by atoms with Gasteiger partial charge in [0, 0.05) is 221 Å². The van der Waals surface area contributed by atoms with Crippen LogP contribution in [0.2, 0.25) is 0 Å². The number of benzene rings is 6. The third-order valence-corrected chi connectivity index (χ3v) is 24.0. The van der Waals surface area contributed by atoms with E-state index in [2.05, 4.69) is 100 Å². The summed E-state index contributed by atoms with van der Waals surface area (Å²) in [7, 11) is 13.7. The molecule has 7 N–H and O–H groups in total. The highest BCUT2D eigenvalue weighted by Gasteiger charge is 2.79. The minimum Gasteiger partial charge on any atom is -0.497 e. The molecule has 14 rings (SSSR count). The smallest absolute Gasteiger partial charge is 0.497 e. The topological polar surface area (TPSA) is 328 Å². The number of alkyl carbamates (subject to hydrolysis) is 1. The lowest BCUT2D eigenvalue weighted by molar-refractivity contribution is -0.217. The monoisotopic (exact) mass is 2220 g/mol. The lowest BCUT2D eigenvalue weighted by Gasteiger charge is -2.64. The summed E-state index contributed by atoms with van der Waals surface area (Å²) in [5, 5.41) is 48.1. The van der Waals surface area contributed by atoms with Crippen molar-refractivity contribution in [3.05, 3.63) is 191 Å². The molecule has 6 aliphatic heterocycles. The number of likely N-dealkylation sites (N-methyl/N-ethyl adjacent to an activating group) is 2. The van der Waals surface area contributed by atoms with Crippen molar-refractivity contribution in [2.75, 3.05) is 106 Å². The predicted octanol–water partition coefficient (Wildman–Crippen LogP) is 22.6. The molecular weight excluding hydrogens is 2120 g/mol. The quantitative estimate of drug-likeness (QED) is 0.00834. The van der Waals surface area contributed by atoms with E-state index in [4.69, 9.17) is 233 Å². The molecule has 0 bridgehead atoms. The molecule has 2 spiro atoms. The molecule has 799 valence electrons. The van der Waals surface area contributed by atoms with Gasteiger partial charge < -0.3 is 98.1 Å². The normalized spacial score (nSPS) is 22.3. The SMILES string of the molecule is CC[C@]12C=CCN3CC[C@@]4(c5ccc(OC)cc5N(C)[C@H]4[C@@](O)(CN)[C@@H]1O)[C@@H]32.CC[C@]12C=CCN3CC[C@@]4(c5ccc(OC)cc5N(C)[C@H]4[C@@](O)(CNC(=O)OCc4ccc(OC)cc4)[C@@H]1OC(C)=O)[C@@H]32.COc1ccc(CO)cc1.COc1ccc(COC(=O)Cl)cc1.COc1ccc(COC(=O)Cl)cc1.F.FF.FF.FF.FF.FF.FF.FF.FF.FF.FF.O=C(OC(Cl)(Cl)Cl)OC(Cl)(Cl)Cl.[B]. The Bertz CT molecular complexity index is 4510. The average Bonchev–Trinajstić information content (AvgIpc) is 1.50. The van der Waals surface area contributed by atoms with Crippen LogP contribution in [0.25, 0.3) is 0 Å². The van der Waals surface area contributed by atoms with Gasteiger partial charge in [0.2, 0.25) is 0 Å². The molecule has 2 aliphatic carbocycles. The Morgan fingerprint density at radius 1 is 0.461 bits per heavy atom. The maximum absolute atomic E-state index is 13.1. The number of amides is 1. The molecule has 1 amide bonds. The van der Waals surface area contributed by atoms with Gasteiger partial charge in [-0.15, -0.1) is 0 Å². The second kappa shape index (κ2) is 68.9. The number of alkyl halides is 6. The fourth-order valence-electron chi connectivity index (χ4n) is 18.8. The van der Waals surface area contributed by atoms with E-state index in [1.807, 2.05) is 68.7 Å². The van der Waals surface area contributed by atoms with Crippen LogP contribution in [0.5, 0.6) is 34.5 Å². The van der Waals surface area contributed by atoms with E-state index in [9.17, 15) is 39.3 Å². The number of methoxy groups -OCH3 is 6. The van der Waals surface area contributed by atoms with Gasteiger partial charge in [-0.2, -0.15) is 0 Å². The number of hydrogen-bond acceptors (Lipinski definition) is 26. The van der Waals surface area contributed by atoms with Gasteiger partial charge in [-0.3, -0.25) is 19.3 Å². The standard InChI is InChI=1S/C33H41N3O7.C22H31N3O3.2C9H9ClO3.C8H10O2.C3Cl6O3.B.10F2.FH/c1-6-31-14-7-16-36-17-15-32(27(31)36)25-13-12-24(41-5)18-26(25)35(3)28(32)33(39,29(31)43-21(2)37)20-34-30(38)42-19-22-8-10-23(40-4)11-9-22;1-4-20-8-5-10-25-11-9-21(17(20)25)15-7-6-14(28-3)12-16(15)24(2)18(21)22(27,13-23)19(20)26;2*1-12-8-4-2-7(3-5-8)6-13-9(10)11;1-10-8-4-2-7(6-9)3-5-8;4-2(5,6)11-1(10)12-3(7,8)9;;10*1-2;/h7-14,18,27-29,39H,6,15-17,19-20H2,1-5H3,(H,34,38);5-8,12,17-19,26-27H,4,9-11,13,23H2,1-3H3;2*2-5H,6H2,1H3;2-5,9H,6H2,1H3;;;;;;;;;;;;;1H/t27-,28+,29+,31+,32+,33-;17-,18+,19+,20+,21+,22-;;;;;;;;;;;;;;;;/m00................/s1. The van der Waals surface area contributed by atoms with Gasteiger partial charge in [0.25, 0.3) is 0 Å². The second-order valence-electron chi connectivity index (χ2n) is 29.4. The van der Waals surface area contributed by atoms with Crippen LogP contribution in [0.3, 0.4) is 0 Å². The van der Waals surface area contributed by atoms with E-state index >= 15 is 0 Å². The number of anilines is 2. The summed E-state index contributed by atoms with van der Waals surface area (Å²) in [5.41, 5.74) is 7.46. The average molecular weight is 2220 g/mol. The zero-order chi connectivity index (χ0) is 107. The number of nitrogens with one attached hydrogen (secondary N) is 1. The van der Waals surface area contributed by atoms with Gasteiger partial charge in [0.05, 0.1) is 74.0 Å². The molecule has 6 heterocycles. The molecule has 6 aromatic rings. The first kappa shape index (κ1) is 138. The summed E-state index contributed by atoms with van der Waals surface area (Å²) in [6, 6.07) is 40.6. The van der Waals surface area contributed by atoms with E-state index in [1.165, 1.54) is 12.5 Å². The van der Waals surface area contributed by atoms with Gasteiger partial charge in [-0.25, -0.2) is 19.2 Å². The van der Waals surface area contributed by atoms with Gasteiger partial charge >= 0.3 is 37.0 Å². The van der Waals surface area contributed by atoms with Gasteiger partial charge in [0.1, 0.15) is 71.6 Å². The first-order chi connectivity index (χ1) is 66.4. The van der Waals surface area contributed by atoms with Crippen molar-refractivity contribution in [3.63, 3.8) is 0 Å². The molecule has 4 fully saturated rings. The number of aliphatic hydroxyl groups is 4. The predicted molar refractivity (Wildman–Crippen MR) is 485 cm³/mol. The van der Waals surface area contributed by atoms with Gasteiger partial charge in [-0.1, -0.05) is 98.8 Å². The van der Waals surface area contributed by atoms with Crippen LogP contribution in [0.15, 0.2) is 158 Å². The fraction of sp³-hybridized carbons (Fsp3) is 0.464. The number of carbonyl (C=O) groups is 5. The summed E-state index contributed by atoms with van der Waals surface area (Å²) in [4.78, 5) is 66.1. The van der Waals surface area contributed by atoms with Crippen LogP contribution in [0.4, 0.5) is 127 Å². The van der Waals surface area contributed by atoms with E-state index in [-0.39, 0.29) is 76.2 Å². The number of ether oxygens (including phenoxy) is 12. The van der Waals surface area contributed by atoms with Gasteiger partial charge in [0.15, 0.2) is 0 Å². The van der Waals surface area contributed by atoms with Gasteiger partial charge in [-0.05, 0) is 202 Å². The molecule has 0 aromatic heterocycles. The number of aliphatic hydroxyl groups excluding tert-OH is 2. The van der Waals surface area contributed by atoms with Crippen LogP contribution < -0.4 is 49.3 Å². The number of halogens is 29. The number of carbonyl (C=O) groups excluding carboxylic acids is 5. The van der Waals surface area contributed by atoms with Crippen molar-refractivity contribution in [3.8, 4) is 34.5 Å². The molecule has 6 aromatic carbocycles. The van der Waals surface area contributed by atoms with Crippen molar-refractivity contribution in [2.24, 2.45) is 16.6 Å². The Labute approximate surface area is 837 Å². The third kappa shape index (κ3) is 35.0. The lowest BCUT2D eigenvalue weighted by atomic mass is 9.47. The van der Waals surface area contributed by atoms with E-state index in [0.29, 0.717) is 12.2 Å². The molecule has 27 nitrogen and oxygen atoms in total.